The van der Waals surface area contributed by atoms with Crippen LogP contribution in [0.1, 0.15) is 44.2 Å². The minimum Gasteiger partial charge on any atom is -0.354 e. The van der Waals surface area contributed by atoms with Gasteiger partial charge in [0.05, 0.1) is 5.75 Å². The maximum absolute atomic E-state index is 13.2. The number of carbonyl (C=O) groups excluding carboxylic acids is 2. The van der Waals surface area contributed by atoms with Crippen molar-refractivity contribution in [3.8, 4) is 0 Å². The summed E-state index contributed by atoms with van der Waals surface area (Å²) in [5, 5.41) is 3.52. The summed E-state index contributed by atoms with van der Waals surface area (Å²) in [4.78, 5) is 27.6. The van der Waals surface area contributed by atoms with Gasteiger partial charge >= 0.3 is 0 Å². The maximum atomic E-state index is 13.2. The van der Waals surface area contributed by atoms with Crippen molar-refractivity contribution in [1.29, 1.82) is 0 Å². The van der Waals surface area contributed by atoms with E-state index in [1.54, 1.807) is 23.1 Å². The minimum atomic E-state index is -0.563. The molecule has 7 heteroatoms. The van der Waals surface area contributed by atoms with E-state index in [0.717, 1.165) is 24.0 Å². The molecular formula is C24H30ClFN2O2S. The van der Waals surface area contributed by atoms with Crippen LogP contribution in [-0.2, 0) is 21.9 Å². The van der Waals surface area contributed by atoms with Gasteiger partial charge in [-0.05, 0) is 42.2 Å². The van der Waals surface area contributed by atoms with Crippen molar-refractivity contribution in [2.24, 2.45) is 0 Å². The number of halogens is 2. The van der Waals surface area contributed by atoms with Gasteiger partial charge in [-0.1, -0.05) is 62.2 Å². The second-order valence-corrected chi connectivity index (χ2v) is 8.69. The molecule has 0 radical (unpaired) electrons. The highest BCUT2D eigenvalue weighted by molar-refractivity contribution is 7.99. The van der Waals surface area contributed by atoms with Gasteiger partial charge in [-0.25, -0.2) is 4.39 Å². The molecule has 1 N–H and O–H groups in total. The molecule has 2 aromatic carbocycles. The smallest absolute Gasteiger partial charge is 0.242 e. The van der Waals surface area contributed by atoms with Crippen LogP contribution in [0.3, 0.4) is 0 Å². The number of nitrogens with one attached hydrogen (secondary N) is 1. The molecule has 1 atom stereocenters. The average Bonchev–Trinajstić information content (AvgIpc) is 2.76. The lowest BCUT2D eigenvalue weighted by Crippen LogP contribution is -2.49. The zero-order valence-electron chi connectivity index (χ0n) is 18.1. The first kappa shape index (κ1) is 25.2. The fourth-order valence-corrected chi connectivity index (χ4v) is 4.22. The highest BCUT2D eigenvalue weighted by atomic mass is 35.5. The lowest BCUT2D eigenvalue weighted by molar-refractivity contribution is -0.139. The van der Waals surface area contributed by atoms with Crippen molar-refractivity contribution in [2.45, 2.75) is 51.4 Å². The van der Waals surface area contributed by atoms with Gasteiger partial charge in [-0.15, -0.1) is 11.8 Å². The Labute approximate surface area is 193 Å². The Morgan fingerprint density at radius 3 is 2.48 bits per heavy atom. The Bertz CT molecular complexity index is 848. The molecule has 2 amide bonds. The third-order valence-electron chi connectivity index (χ3n) is 4.92. The van der Waals surface area contributed by atoms with E-state index in [1.807, 2.05) is 25.1 Å². The second-order valence-electron chi connectivity index (χ2n) is 7.30. The summed E-state index contributed by atoms with van der Waals surface area (Å²) in [5.74, 6) is 0.270. The zero-order valence-corrected chi connectivity index (χ0v) is 19.6. The van der Waals surface area contributed by atoms with E-state index in [-0.39, 0.29) is 29.9 Å². The van der Waals surface area contributed by atoms with Crippen LogP contribution < -0.4 is 5.32 Å². The quantitative estimate of drug-likeness (QED) is 0.426. The van der Waals surface area contributed by atoms with Gasteiger partial charge < -0.3 is 10.2 Å². The summed E-state index contributed by atoms with van der Waals surface area (Å²) < 4.78 is 13.1. The van der Waals surface area contributed by atoms with Crippen LogP contribution in [0, 0.1) is 5.82 Å². The average molecular weight is 465 g/mol. The molecule has 2 aromatic rings. The van der Waals surface area contributed by atoms with Gasteiger partial charge in [0.1, 0.15) is 11.9 Å². The first-order valence-corrected chi connectivity index (χ1v) is 12.1. The van der Waals surface area contributed by atoms with Crippen LogP contribution in [-0.4, -0.2) is 35.1 Å². The molecule has 0 spiro atoms. The van der Waals surface area contributed by atoms with Crippen molar-refractivity contribution in [3.05, 3.63) is 70.5 Å². The predicted molar refractivity (Wildman–Crippen MR) is 127 cm³/mol. The molecule has 0 bridgehead atoms. The summed E-state index contributed by atoms with van der Waals surface area (Å²) in [5.41, 5.74) is 1.75. The number of unbranched alkanes of at least 4 members (excludes halogenated alkanes) is 1. The third-order valence-corrected chi connectivity index (χ3v) is 6.28. The first-order chi connectivity index (χ1) is 15.0. The molecule has 0 saturated heterocycles. The van der Waals surface area contributed by atoms with Gasteiger partial charge in [-0.3, -0.25) is 9.59 Å². The van der Waals surface area contributed by atoms with Crippen LogP contribution in [0.25, 0.3) is 0 Å². The van der Waals surface area contributed by atoms with Crippen molar-refractivity contribution in [2.75, 3.05) is 12.3 Å². The van der Waals surface area contributed by atoms with Crippen LogP contribution in [0.15, 0.2) is 48.5 Å². The SMILES string of the molecule is CCCCNC(=O)C(CC)N(Cc1ccccc1Cl)C(=O)CSCc1ccc(F)cc1. The standard InChI is InChI=1S/C24H30ClFN2O2S/c1-3-5-14-27-24(30)22(4-2)28(15-19-8-6-7-9-21(19)25)23(29)17-31-16-18-10-12-20(26)13-11-18/h6-13,22H,3-5,14-17H2,1-2H3,(H,27,30). The highest BCUT2D eigenvalue weighted by Gasteiger charge is 2.28. The highest BCUT2D eigenvalue weighted by Crippen LogP contribution is 2.21. The van der Waals surface area contributed by atoms with Gasteiger partial charge in [0, 0.05) is 23.9 Å². The first-order valence-electron chi connectivity index (χ1n) is 10.6. The van der Waals surface area contributed by atoms with Crippen LogP contribution in [0.5, 0.6) is 0 Å². The lowest BCUT2D eigenvalue weighted by Gasteiger charge is -2.31. The second kappa shape index (κ2) is 13.4. The summed E-state index contributed by atoms with van der Waals surface area (Å²) in [6.45, 7) is 4.84. The van der Waals surface area contributed by atoms with E-state index in [1.165, 1.54) is 23.9 Å². The van der Waals surface area contributed by atoms with E-state index in [4.69, 9.17) is 11.6 Å². The maximum Gasteiger partial charge on any atom is 0.242 e. The van der Waals surface area contributed by atoms with Gasteiger partial charge in [0.15, 0.2) is 0 Å². The molecular weight excluding hydrogens is 435 g/mol. The van der Waals surface area contributed by atoms with Gasteiger partial charge in [-0.2, -0.15) is 0 Å². The molecule has 4 nitrogen and oxygen atoms in total. The van der Waals surface area contributed by atoms with Crippen molar-refractivity contribution in [3.63, 3.8) is 0 Å². The van der Waals surface area contributed by atoms with E-state index < -0.39 is 6.04 Å². The van der Waals surface area contributed by atoms with Crippen LogP contribution in [0.4, 0.5) is 4.39 Å². The van der Waals surface area contributed by atoms with Crippen molar-refractivity contribution < 1.29 is 14.0 Å². The Morgan fingerprint density at radius 2 is 1.84 bits per heavy atom. The molecule has 0 aliphatic carbocycles. The fraction of sp³-hybridized carbons (Fsp3) is 0.417. The van der Waals surface area contributed by atoms with E-state index in [9.17, 15) is 14.0 Å². The fourth-order valence-electron chi connectivity index (χ4n) is 3.16. The molecule has 0 heterocycles. The predicted octanol–water partition coefficient (Wildman–Crippen LogP) is 5.44. The number of rotatable bonds is 12. The molecule has 168 valence electrons. The Kier molecular flexibility index (Phi) is 10.9. The number of thioether (sulfide) groups is 1. The summed E-state index contributed by atoms with van der Waals surface area (Å²) >= 11 is 7.77. The van der Waals surface area contributed by atoms with Gasteiger partial charge in [0.2, 0.25) is 11.8 Å². The number of nitrogens with zero attached hydrogens (tertiary/aromatic N) is 1. The Balaban J connectivity index is 2.10. The molecule has 0 fully saturated rings. The number of hydrogen-bond donors (Lipinski definition) is 1. The summed E-state index contributed by atoms with van der Waals surface area (Å²) in [6, 6.07) is 13.0. The van der Waals surface area contributed by atoms with Crippen LogP contribution in [0.2, 0.25) is 5.02 Å². The minimum absolute atomic E-state index is 0.121. The van der Waals surface area contributed by atoms with E-state index in [0.29, 0.717) is 23.7 Å². The number of amides is 2. The van der Waals surface area contributed by atoms with Gasteiger partial charge in [0.25, 0.3) is 0 Å². The summed E-state index contributed by atoms with van der Waals surface area (Å²) in [7, 11) is 0. The van der Waals surface area contributed by atoms with Crippen LogP contribution >= 0.6 is 23.4 Å². The number of benzene rings is 2. The molecule has 0 saturated carbocycles. The van der Waals surface area contributed by atoms with Crippen molar-refractivity contribution >= 4 is 35.2 Å². The molecule has 2 rings (SSSR count). The largest absolute Gasteiger partial charge is 0.354 e. The molecule has 0 aliphatic rings. The normalized spacial score (nSPS) is 11.7. The summed E-state index contributed by atoms with van der Waals surface area (Å²) in [6.07, 6.45) is 2.39. The zero-order chi connectivity index (χ0) is 22.6. The van der Waals surface area contributed by atoms with E-state index in [2.05, 4.69) is 12.2 Å². The van der Waals surface area contributed by atoms with E-state index >= 15 is 0 Å². The number of hydrogen-bond acceptors (Lipinski definition) is 3. The Hall–Kier alpha value is -2.05. The third kappa shape index (κ3) is 8.19. The molecule has 0 aliphatic heterocycles. The lowest BCUT2D eigenvalue weighted by atomic mass is 10.1. The Morgan fingerprint density at radius 1 is 1.13 bits per heavy atom. The molecule has 0 aromatic heterocycles. The molecule has 31 heavy (non-hydrogen) atoms. The molecule has 1 unspecified atom stereocenters. The monoisotopic (exact) mass is 464 g/mol. The van der Waals surface area contributed by atoms with Crippen molar-refractivity contribution in [1.82, 2.24) is 10.2 Å². The topological polar surface area (TPSA) is 49.4 Å². The number of carbonyl (C=O) groups is 2.